The van der Waals surface area contributed by atoms with Crippen LogP contribution in [0.2, 0.25) is 0 Å². The largest absolute Gasteiger partial charge is 0.338 e. The van der Waals surface area contributed by atoms with E-state index in [2.05, 4.69) is 27.5 Å². The van der Waals surface area contributed by atoms with E-state index in [1.807, 2.05) is 11.8 Å². The number of urea groups is 1. The lowest BCUT2D eigenvalue weighted by Gasteiger charge is -2.33. The molecule has 0 unspecified atom stereocenters. The van der Waals surface area contributed by atoms with Crippen LogP contribution in [0, 0.1) is 6.92 Å². The lowest BCUT2D eigenvalue weighted by atomic mass is 10.3. The van der Waals surface area contributed by atoms with Crippen LogP contribution in [0.5, 0.6) is 0 Å². The molecule has 106 valence electrons. The standard InChI is InChI=1S/C13H22N4OS/c1-3-16-6-8-17(9-7-16)13(18)14-5-4-12-10-19-11(2)15-12/h10H,3-9H2,1-2H3,(H,14,18). The summed E-state index contributed by atoms with van der Waals surface area (Å²) >= 11 is 1.65. The first kappa shape index (κ1) is 14.3. The molecule has 0 aliphatic carbocycles. The number of nitrogens with zero attached hydrogens (tertiary/aromatic N) is 3. The molecule has 1 aliphatic heterocycles. The Morgan fingerprint density at radius 3 is 2.74 bits per heavy atom. The zero-order valence-corrected chi connectivity index (χ0v) is 12.5. The SMILES string of the molecule is CCN1CCN(C(=O)NCCc2csc(C)n2)CC1. The Bertz CT molecular complexity index is 413. The molecule has 1 aliphatic rings. The number of thiazole rings is 1. The number of aryl methyl sites for hydroxylation is 1. The van der Waals surface area contributed by atoms with Crippen molar-refractivity contribution in [1.82, 2.24) is 20.1 Å². The Morgan fingerprint density at radius 1 is 1.42 bits per heavy atom. The summed E-state index contributed by atoms with van der Waals surface area (Å²) in [6.45, 7) is 9.51. The van der Waals surface area contributed by atoms with Crippen molar-refractivity contribution < 1.29 is 4.79 Å². The molecule has 2 heterocycles. The summed E-state index contributed by atoms with van der Waals surface area (Å²) in [5.41, 5.74) is 1.07. The van der Waals surface area contributed by atoms with Gasteiger partial charge in [-0.05, 0) is 13.5 Å². The van der Waals surface area contributed by atoms with Gasteiger partial charge < -0.3 is 15.1 Å². The number of nitrogens with one attached hydrogen (secondary N) is 1. The van der Waals surface area contributed by atoms with Crippen LogP contribution in [0.1, 0.15) is 17.6 Å². The Balaban J connectivity index is 1.67. The lowest BCUT2D eigenvalue weighted by molar-refractivity contribution is 0.143. The van der Waals surface area contributed by atoms with E-state index in [1.165, 1.54) is 0 Å². The van der Waals surface area contributed by atoms with Crippen molar-refractivity contribution in [1.29, 1.82) is 0 Å². The molecule has 1 aromatic rings. The first-order valence-corrected chi connectivity index (χ1v) is 7.73. The summed E-state index contributed by atoms with van der Waals surface area (Å²) in [7, 11) is 0. The first-order valence-electron chi connectivity index (χ1n) is 6.85. The molecule has 0 radical (unpaired) electrons. The van der Waals surface area contributed by atoms with Crippen molar-refractivity contribution in [3.05, 3.63) is 16.1 Å². The monoisotopic (exact) mass is 282 g/mol. The highest BCUT2D eigenvalue weighted by Gasteiger charge is 2.19. The molecule has 0 atom stereocenters. The highest BCUT2D eigenvalue weighted by molar-refractivity contribution is 7.09. The maximum absolute atomic E-state index is 12.0. The molecule has 0 spiro atoms. The zero-order chi connectivity index (χ0) is 13.7. The van der Waals surface area contributed by atoms with E-state index in [1.54, 1.807) is 11.3 Å². The van der Waals surface area contributed by atoms with Gasteiger partial charge in [0.15, 0.2) is 0 Å². The average molecular weight is 282 g/mol. The fourth-order valence-corrected chi connectivity index (χ4v) is 2.85. The fraction of sp³-hybridized carbons (Fsp3) is 0.692. The number of rotatable bonds is 4. The number of aromatic nitrogens is 1. The van der Waals surface area contributed by atoms with Gasteiger partial charge >= 0.3 is 6.03 Å². The minimum Gasteiger partial charge on any atom is -0.338 e. The van der Waals surface area contributed by atoms with Crippen molar-refractivity contribution >= 4 is 17.4 Å². The molecular formula is C13H22N4OS. The molecule has 5 nitrogen and oxygen atoms in total. The number of likely N-dealkylation sites (N-methyl/N-ethyl adjacent to an activating group) is 1. The van der Waals surface area contributed by atoms with E-state index in [-0.39, 0.29) is 6.03 Å². The summed E-state index contributed by atoms with van der Waals surface area (Å²) in [5.74, 6) is 0. The first-order chi connectivity index (χ1) is 9.19. The normalized spacial score (nSPS) is 16.6. The summed E-state index contributed by atoms with van der Waals surface area (Å²) in [6.07, 6.45) is 0.811. The van der Waals surface area contributed by atoms with Crippen molar-refractivity contribution in [2.45, 2.75) is 20.3 Å². The Morgan fingerprint density at radius 2 is 2.16 bits per heavy atom. The molecule has 1 aromatic heterocycles. The molecule has 6 heteroatoms. The molecule has 0 aromatic carbocycles. The molecule has 0 saturated carbocycles. The third kappa shape index (κ3) is 4.18. The average Bonchev–Trinajstić information content (AvgIpc) is 2.84. The molecule has 1 saturated heterocycles. The third-order valence-corrected chi connectivity index (χ3v) is 4.25. The second-order valence-corrected chi connectivity index (χ2v) is 5.82. The zero-order valence-electron chi connectivity index (χ0n) is 11.7. The van der Waals surface area contributed by atoms with E-state index in [9.17, 15) is 4.79 Å². The van der Waals surface area contributed by atoms with Crippen LogP contribution < -0.4 is 5.32 Å². The van der Waals surface area contributed by atoms with Crippen LogP contribution >= 0.6 is 11.3 Å². The van der Waals surface area contributed by atoms with Gasteiger partial charge in [0.25, 0.3) is 0 Å². The number of carbonyl (C=O) groups excluding carboxylic acids is 1. The summed E-state index contributed by atoms with van der Waals surface area (Å²) in [4.78, 5) is 20.6. The second-order valence-electron chi connectivity index (χ2n) is 4.76. The number of amides is 2. The van der Waals surface area contributed by atoms with Gasteiger partial charge in [-0.15, -0.1) is 11.3 Å². The van der Waals surface area contributed by atoms with Crippen LogP contribution in [0.4, 0.5) is 4.79 Å². The predicted octanol–water partition coefficient (Wildman–Crippen LogP) is 1.34. The number of carbonyl (C=O) groups is 1. The molecule has 0 bridgehead atoms. The van der Waals surface area contributed by atoms with Gasteiger partial charge in [-0.2, -0.15) is 0 Å². The van der Waals surface area contributed by atoms with Crippen LogP contribution in [-0.4, -0.2) is 60.1 Å². The smallest absolute Gasteiger partial charge is 0.317 e. The maximum Gasteiger partial charge on any atom is 0.317 e. The molecule has 2 rings (SSSR count). The summed E-state index contributed by atoms with van der Waals surface area (Å²) in [6, 6.07) is 0.0581. The van der Waals surface area contributed by atoms with E-state index < -0.39 is 0 Å². The van der Waals surface area contributed by atoms with Gasteiger partial charge in [-0.25, -0.2) is 9.78 Å². The lowest BCUT2D eigenvalue weighted by Crippen LogP contribution is -2.51. The van der Waals surface area contributed by atoms with E-state index in [0.29, 0.717) is 6.54 Å². The Kier molecular flexibility index (Phi) is 5.15. The van der Waals surface area contributed by atoms with Gasteiger partial charge in [0.1, 0.15) is 0 Å². The molecule has 19 heavy (non-hydrogen) atoms. The van der Waals surface area contributed by atoms with Gasteiger partial charge in [-0.3, -0.25) is 0 Å². The molecule has 1 N–H and O–H groups in total. The molecule has 2 amide bonds. The van der Waals surface area contributed by atoms with E-state index in [0.717, 1.165) is 49.8 Å². The highest BCUT2D eigenvalue weighted by atomic mass is 32.1. The molecule has 1 fully saturated rings. The third-order valence-electron chi connectivity index (χ3n) is 3.43. The van der Waals surface area contributed by atoms with Crippen molar-refractivity contribution in [3.63, 3.8) is 0 Å². The molecular weight excluding hydrogens is 260 g/mol. The van der Waals surface area contributed by atoms with Crippen molar-refractivity contribution in [2.24, 2.45) is 0 Å². The number of hydrogen-bond acceptors (Lipinski definition) is 4. The second kappa shape index (κ2) is 6.86. The van der Waals surface area contributed by atoms with Gasteiger partial charge in [0.05, 0.1) is 10.7 Å². The quantitative estimate of drug-likeness (QED) is 0.906. The van der Waals surface area contributed by atoms with Crippen LogP contribution in [0.25, 0.3) is 0 Å². The fourth-order valence-electron chi connectivity index (χ4n) is 2.20. The highest BCUT2D eigenvalue weighted by Crippen LogP contribution is 2.08. The minimum atomic E-state index is 0.0581. The number of piperazine rings is 1. The van der Waals surface area contributed by atoms with Gasteiger partial charge in [0.2, 0.25) is 0 Å². The van der Waals surface area contributed by atoms with Gasteiger partial charge in [0, 0.05) is 44.5 Å². The Labute approximate surface area is 118 Å². The van der Waals surface area contributed by atoms with Crippen molar-refractivity contribution in [3.8, 4) is 0 Å². The minimum absolute atomic E-state index is 0.0581. The topological polar surface area (TPSA) is 48.5 Å². The Hall–Kier alpha value is -1.14. The van der Waals surface area contributed by atoms with E-state index in [4.69, 9.17) is 0 Å². The van der Waals surface area contributed by atoms with Crippen LogP contribution in [0.15, 0.2) is 5.38 Å². The van der Waals surface area contributed by atoms with Crippen LogP contribution in [-0.2, 0) is 6.42 Å². The summed E-state index contributed by atoms with van der Waals surface area (Å²) < 4.78 is 0. The maximum atomic E-state index is 12.0. The van der Waals surface area contributed by atoms with Crippen LogP contribution in [0.3, 0.4) is 0 Å². The van der Waals surface area contributed by atoms with Gasteiger partial charge in [-0.1, -0.05) is 6.92 Å². The number of hydrogen-bond donors (Lipinski definition) is 1. The predicted molar refractivity (Wildman–Crippen MR) is 77.6 cm³/mol. The van der Waals surface area contributed by atoms with Crippen molar-refractivity contribution in [2.75, 3.05) is 39.3 Å². The van der Waals surface area contributed by atoms with E-state index >= 15 is 0 Å². The summed E-state index contributed by atoms with van der Waals surface area (Å²) in [5, 5.41) is 6.11.